The van der Waals surface area contributed by atoms with E-state index in [1.54, 1.807) is 47.4 Å². The second kappa shape index (κ2) is 13.1. The number of carbonyl (C=O) groups excluding carboxylic acids is 1. The number of carbonyl (C=O) groups is 2. The first-order valence-electron chi connectivity index (χ1n) is 11.6. The Balaban J connectivity index is 0.000000559. The zero-order valence-corrected chi connectivity index (χ0v) is 20.6. The molecule has 2 aromatic heterocycles. The predicted molar refractivity (Wildman–Crippen MR) is 130 cm³/mol. The number of hydrogen-bond donors (Lipinski definition) is 3. The van der Waals surface area contributed by atoms with Crippen LogP contribution in [0.15, 0.2) is 58.9 Å². The van der Waals surface area contributed by atoms with Crippen LogP contribution in [0.2, 0.25) is 0 Å². The molecule has 0 saturated carbocycles. The van der Waals surface area contributed by atoms with Crippen LogP contribution >= 0.6 is 0 Å². The largest absolute Gasteiger partial charge is 0.490 e. The number of alkyl halides is 3. The summed E-state index contributed by atoms with van der Waals surface area (Å²) in [5, 5.41) is 13.2. The van der Waals surface area contributed by atoms with Crippen molar-refractivity contribution in [3.05, 3.63) is 76.0 Å². The summed E-state index contributed by atoms with van der Waals surface area (Å²) in [6, 6.07) is 12.0. The molecule has 1 aromatic carbocycles. The number of ether oxygens (including phenoxy) is 1. The average molecular weight is 570 g/mol. The number of rotatable bonds is 6. The van der Waals surface area contributed by atoms with Gasteiger partial charge in [-0.25, -0.2) is 24.2 Å². The summed E-state index contributed by atoms with van der Waals surface area (Å²) in [5.41, 5.74) is 6.30. The van der Waals surface area contributed by atoms with Gasteiger partial charge in [0.25, 0.3) is 12.0 Å². The molecule has 0 radical (unpaired) electrons. The number of pyridine rings is 1. The normalized spacial score (nSPS) is 13.3. The maximum atomic E-state index is 13.0. The second-order valence-electron chi connectivity index (χ2n) is 8.19. The van der Waals surface area contributed by atoms with Gasteiger partial charge in [-0.05, 0) is 24.3 Å². The van der Waals surface area contributed by atoms with Crippen molar-refractivity contribution in [3.8, 4) is 17.1 Å². The molecule has 0 unspecified atom stereocenters. The van der Waals surface area contributed by atoms with Crippen LogP contribution in [0.5, 0.6) is 0 Å². The quantitative estimate of drug-likeness (QED) is 0.382. The number of carboxylic acid groups (broad SMARTS) is 1. The van der Waals surface area contributed by atoms with Crippen molar-refractivity contribution in [2.24, 2.45) is 5.73 Å². The number of nitrogens with two attached hydrogens (primary N) is 1. The Hall–Kier alpha value is -4.44. The molecule has 3 aromatic rings. The lowest BCUT2D eigenvalue weighted by Crippen LogP contribution is -2.40. The fourth-order valence-corrected chi connectivity index (χ4v) is 3.53. The first-order chi connectivity index (χ1) is 18.9. The summed E-state index contributed by atoms with van der Waals surface area (Å²) in [4.78, 5) is 40.1. The van der Waals surface area contributed by atoms with Gasteiger partial charge in [0, 0.05) is 42.8 Å². The zero-order valence-electron chi connectivity index (χ0n) is 20.6. The van der Waals surface area contributed by atoms with Crippen LogP contribution in [0, 0.1) is 0 Å². The third-order valence-electron chi connectivity index (χ3n) is 5.56. The second-order valence-corrected chi connectivity index (χ2v) is 8.19. The number of aliphatic carboxylic acids is 1. The maximum Gasteiger partial charge on any atom is 0.490 e. The van der Waals surface area contributed by atoms with Crippen LogP contribution in [0.3, 0.4) is 0 Å². The third-order valence-corrected chi connectivity index (χ3v) is 5.56. The van der Waals surface area contributed by atoms with E-state index in [1.165, 1.54) is 0 Å². The van der Waals surface area contributed by atoms with Crippen LogP contribution in [0.4, 0.5) is 22.0 Å². The Kier molecular flexibility index (Phi) is 9.84. The summed E-state index contributed by atoms with van der Waals surface area (Å²) >= 11 is 0. The van der Waals surface area contributed by atoms with Crippen molar-refractivity contribution < 1.29 is 41.4 Å². The molecule has 1 aliphatic rings. The monoisotopic (exact) mass is 570 g/mol. The Labute approximate surface area is 222 Å². The third kappa shape index (κ3) is 7.57. The van der Waals surface area contributed by atoms with Gasteiger partial charge in [-0.2, -0.15) is 27.1 Å². The highest BCUT2D eigenvalue weighted by molar-refractivity contribution is 5.94. The fraction of sp³-hybridized carbons (Fsp3) is 0.292. The van der Waals surface area contributed by atoms with Crippen LogP contribution in [0.1, 0.15) is 16.2 Å². The first kappa shape index (κ1) is 30.1. The summed E-state index contributed by atoms with van der Waals surface area (Å²) in [6.07, 6.45) is -7.27. The van der Waals surface area contributed by atoms with E-state index in [0.717, 1.165) is 10.1 Å². The number of aromatic nitrogens is 4. The number of halogens is 5. The van der Waals surface area contributed by atoms with Gasteiger partial charge >= 0.3 is 17.8 Å². The number of aromatic amines is 1. The Morgan fingerprint density at radius 2 is 1.70 bits per heavy atom. The lowest BCUT2D eigenvalue weighted by molar-refractivity contribution is -0.192. The topological polar surface area (TPSA) is 156 Å². The molecule has 4 rings (SSSR count). The molecule has 1 fully saturated rings. The molecular weight excluding hydrogens is 547 g/mol. The van der Waals surface area contributed by atoms with E-state index in [4.69, 9.17) is 20.4 Å². The fourth-order valence-electron chi connectivity index (χ4n) is 3.53. The highest BCUT2D eigenvalue weighted by Crippen LogP contribution is 2.21. The molecule has 0 atom stereocenters. The van der Waals surface area contributed by atoms with Crippen molar-refractivity contribution in [2.75, 3.05) is 32.8 Å². The van der Waals surface area contributed by atoms with Crippen molar-refractivity contribution in [1.29, 1.82) is 0 Å². The van der Waals surface area contributed by atoms with Gasteiger partial charge in [0.15, 0.2) is 0 Å². The number of carboxylic acids is 1. The van der Waals surface area contributed by atoms with Gasteiger partial charge in [0.1, 0.15) is 11.6 Å². The van der Waals surface area contributed by atoms with Crippen molar-refractivity contribution >= 4 is 11.9 Å². The van der Waals surface area contributed by atoms with Crippen molar-refractivity contribution in [2.45, 2.75) is 12.6 Å². The summed E-state index contributed by atoms with van der Waals surface area (Å²) in [6.45, 7) is 1.80. The van der Waals surface area contributed by atoms with E-state index in [2.05, 4.69) is 15.2 Å². The van der Waals surface area contributed by atoms with Crippen molar-refractivity contribution in [3.63, 3.8) is 0 Å². The molecule has 40 heavy (non-hydrogen) atoms. The number of amides is 1. The average Bonchev–Trinajstić information content (AvgIpc) is 3.31. The van der Waals surface area contributed by atoms with Gasteiger partial charge in [-0.3, -0.25) is 4.79 Å². The molecule has 0 spiro atoms. The standard InChI is InChI=1S/C22H22F2N6O3.C2HF3O2/c23-20(24)16(13-25)12-19-27-28-22(32)30(19)18-3-1-2-17(26-18)14-4-6-15(7-5-14)21(31)29-8-10-33-11-9-29;3-2(4,5)1(6)7/h1-7H,8-13,25H2,(H,28,32);(H,6,7). The van der Waals surface area contributed by atoms with Crippen LogP contribution < -0.4 is 11.4 Å². The van der Waals surface area contributed by atoms with Gasteiger partial charge in [0.2, 0.25) is 0 Å². The molecule has 1 amide bonds. The highest BCUT2D eigenvalue weighted by Gasteiger charge is 2.38. The zero-order chi connectivity index (χ0) is 29.4. The van der Waals surface area contributed by atoms with Crippen LogP contribution in [-0.4, -0.2) is 80.7 Å². The number of nitrogens with one attached hydrogen (secondary N) is 1. The minimum Gasteiger partial charge on any atom is -0.475 e. The van der Waals surface area contributed by atoms with Crippen LogP contribution in [-0.2, 0) is 16.0 Å². The van der Waals surface area contributed by atoms with Gasteiger partial charge in [-0.15, -0.1) is 0 Å². The molecule has 0 aliphatic carbocycles. The summed E-state index contributed by atoms with van der Waals surface area (Å²) < 4.78 is 64.2. The van der Waals surface area contributed by atoms with Gasteiger partial charge in [0.05, 0.1) is 18.9 Å². The molecular formula is C24H23F5N6O5. The molecule has 3 heterocycles. The summed E-state index contributed by atoms with van der Waals surface area (Å²) in [5.74, 6) is -2.52. The molecule has 16 heteroatoms. The van der Waals surface area contributed by atoms with E-state index in [-0.39, 0.29) is 36.1 Å². The van der Waals surface area contributed by atoms with Crippen LogP contribution in [0.25, 0.3) is 17.1 Å². The number of nitrogens with zero attached hydrogens (tertiary/aromatic N) is 4. The summed E-state index contributed by atoms with van der Waals surface area (Å²) in [7, 11) is 0. The number of morpholine rings is 1. The van der Waals surface area contributed by atoms with E-state index in [1.807, 2.05) is 0 Å². The maximum absolute atomic E-state index is 13.0. The SMILES string of the molecule is NCC(Cc1n[nH]c(=O)n1-c1cccc(-c2ccc(C(=O)N3CCOCC3)cc2)n1)=C(F)F.O=C(O)C(F)(F)F. The molecule has 0 bridgehead atoms. The highest BCUT2D eigenvalue weighted by atomic mass is 19.4. The van der Waals surface area contributed by atoms with Crippen molar-refractivity contribution in [1.82, 2.24) is 24.6 Å². The molecule has 11 nitrogen and oxygen atoms in total. The minimum absolute atomic E-state index is 0.0648. The smallest absolute Gasteiger partial charge is 0.475 e. The Morgan fingerprint density at radius 3 is 2.25 bits per heavy atom. The van der Waals surface area contributed by atoms with E-state index < -0.39 is 23.9 Å². The van der Waals surface area contributed by atoms with E-state index in [0.29, 0.717) is 37.6 Å². The minimum atomic E-state index is -5.08. The lowest BCUT2D eigenvalue weighted by atomic mass is 10.1. The number of hydrogen-bond acceptors (Lipinski definition) is 7. The molecule has 1 aliphatic heterocycles. The Morgan fingerprint density at radius 1 is 1.07 bits per heavy atom. The van der Waals surface area contributed by atoms with Gasteiger partial charge < -0.3 is 20.5 Å². The molecule has 1 saturated heterocycles. The number of benzene rings is 1. The molecule has 214 valence electrons. The predicted octanol–water partition coefficient (Wildman–Crippen LogP) is 2.38. The van der Waals surface area contributed by atoms with E-state index in [9.17, 15) is 31.5 Å². The first-order valence-corrected chi connectivity index (χ1v) is 11.6. The van der Waals surface area contributed by atoms with E-state index >= 15 is 0 Å². The molecule has 4 N–H and O–H groups in total. The van der Waals surface area contributed by atoms with Gasteiger partial charge in [-0.1, -0.05) is 18.2 Å². The number of H-pyrrole nitrogens is 1. The lowest BCUT2D eigenvalue weighted by Gasteiger charge is -2.26. The Bertz CT molecular complexity index is 1420.